The summed E-state index contributed by atoms with van der Waals surface area (Å²) in [5.74, 6) is -2.98. The van der Waals surface area contributed by atoms with E-state index in [0.29, 0.717) is 38.3 Å². The first kappa shape index (κ1) is 16.2. The molecule has 7 heteroatoms. The van der Waals surface area contributed by atoms with E-state index in [-0.39, 0.29) is 18.9 Å². The number of hydrogen-bond donors (Lipinski definition) is 0. The highest BCUT2D eigenvalue weighted by atomic mass is 19.3. The van der Waals surface area contributed by atoms with Crippen LogP contribution in [-0.2, 0) is 11.3 Å². The molecule has 0 unspecified atom stereocenters. The van der Waals surface area contributed by atoms with Crippen LogP contribution in [0.1, 0.15) is 31.2 Å². The second kappa shape index (κ2) is 5.78. The van der Waals surface area contributed by atoms with Crippen molar-refractivity contribution >= 4 is 5.91 Å². The third kappa shape index (κ3) is 3.20. The number of alkyl halides is 2. The Morgan fingerprint density at radius 3 is 2.74 bits per heavy atom. The minimum Gasteiger partial charge on any atom is -0.342 e. The topological polar surface area (TPSA) is 49.3 Å². The van der Waals surface area contributed by atoms with Crippen molar-refractivity contribution in [1.82, 2.24) is 19.8 Å². The van der Waals surface area contributed by atoms with Gasteiger partial charge in [-0.15, -0.1) is 0 Å². The fourth-order valence-corrected chi connectivity index (χ4v) is 3.86. The van der Waals surface area contributed by atoms with Gasteiger partial charge in [-0.3, -0.25) is 19.7 Å². The maximum atomic E-state index is 14.3. The molecule has 0 saturated carbocycles. The zero-order valence-corrected chi connectivity index (χ0v) is 13.6. The van der Waals surface area contributed by atoms with Gasteiger partial charge in [0.2, 0.25) is 5.91 Å². The maximum absolute atomic E-state index is 14.3. The second-order valence-electron chi connectivity index (χ2n) is 6.74. The summed E-state index contributed by atoms with van der Waals surface area (Å²) >= 11 is 0. The van der Waals surface area contributed by atoms with Crippen LogP contribution in [0, 0.1) is 12.3 Å². The van der Waals surface area contributed by atoms with E-state index < -0.39 is 11.3 Å². The van der Waals surface area contributed by atoms with Gasteiger partial charge in [-0.25, -0.2) is 8.78 Å². The Hall–Kier alpha value is -1.63. The zero-order valence-electron chi connectivity index (χ0n) is 13.6. The summed E-state index contributed by atoms with van der Waals surface area (Å²) in [4.78, 5) is 24.3. The van der Waals surface area contributed by atoms with Crippen LogP contribution in [-0.4, -0.2) is 57.8 Å². The number of rotatable bonds is 3. The second-order valence-corrected chi connectivity index (χ2v) is 6.74. The number of carbonyl (C=O) groups excluding carboxylic acids is 1. The van der Waals surface area contributed by atoms with Crippen LogP contribution in [0.3, 0.4) is 0 Å². The van der Waals surface area contributed by atoms with Crippen molar-refractivity contribution in [3.05, 3.63) is 23.8 Å². The molecule has 1 spiro atoms. The van der Waals surface area contributed by atoms with E-state index in [9.17, 15) is 13.6 Å². The first-order valence-electron chi connectivity index (χ1n) is 8.01. The molecule has 0 N–H and O–H groups in total. The van der Waals surface area contributed by atoms with Crippen LogP contribution in [0.25, 0.3) is 0 Å². The average molecular weight is 324 g/mol. The summed E-state index contributed by atoms with van der Waals surface area (Å²) in [6, 6.07) is 0. The molecule has 0 aliphatic carbocycles. The van der Waals surface area contributed by atoms with E-state index in [1.165, 1.54) is 0 Å². The Labute approximate surface area is 134 Å². The van der Waals surface area contributed by atoms with E-state index in [0.717, 1.165) is 5.69 Å². The largest absolute Gasteiger partial charge is 0.342 e. The van der Waals surface area contributed by atoms with Crippen LogP contribution in [0.15, 0.2) is 12.4 Å². The lowest BCUT2D eigenvalue weighted by Crippen LogP contribution is -2.55. The quantitative estimate of drug-likeness (QED) is 0.852. The number of aromatic nitrogens is 2. The third-order valence-corrected chi connectivity index (χ3v) is 4.75. The van der Waals surface area contributed by atoms with Crippen molar-refractivity contribution in [2.45, 2.75) is 39.2 Å². The Balaban J connectivity index is 1.81. The van der Waals surface area contributed by atoms with Crippen molar-refractivity contribution in [2.75, 3.05) is 26.2 Å². The van der Waals surface area contributed by atoms with Gasteiger partial charge in [0.25, 0.3) is 5.92 Å². The third-order valence-electron chi connectivity index (χ3n) is 4.75. The molecule has 1 aromatic heterocycles. The predicted molar refractivity (Wildman–Crippen MR) is 80.9 cm³/mol. The Kier molecular flexibility index (Phi) is 4.08. The molecule has 0 aromatic carbocycles. The van der Waals surface area contributed by atoms with Gasteiger partial charge in [-0.2, -0.15) is 0 Å². The first-order valence-corrected chi connectivity index (χ1v) is 8.01. The van der Waals surface area contributed by atoms with Crippen molar-refractivity contribution in [2.24, 2.45) is 5.41 Å². The zero-order chi connectivity index (χ0) is 16.7. The lowest BCUT2D eigenvalue weighted by Gasteiger charge is -2.42. The van der Waals surface area contributed by atoms with Gasteiger partial charge < -0.3 is 4.90 Å². The molecule has 1 aromatic rings. The summed E-state index contributed by atoms with van der Waals surface area (Å²) in [7, 11) is 0. The van der Waals surface area contributed by atoms with Crippen LogP contribution in [0.2, 0.25) is 0 Å². The van der Waals surface area contributed by atoms with E-state index in [2.05, 4.69) is 9.97 Å². The number of halogens is 2. The fourth-order valence-electron chi connectivity index (χ4n) is 3.86. The van der Waals surface area contributed by atoms with Gasteiger partial charge in [0.1, 0.15) is 0 Å². The van der Waals surface area contributed by atoms with Crippen LogP contribution >= 0.6 is 0 Å². The normalized spacial score (nSPS) is 27.8. The molecular formula is C16H22F2N4O. The number of likely N-dealkylation sites (tertiary alicyclic amines) is 2. The average Bonchev–Trinajstić information content (AvgIpc) is 2.73. The molecule has 2 fully saturated rings. The number of piperidine rings is 1. The summed E-state index contributed by atoms with van der Waals surface area (Å²) in [5.41, 5.74) is 0.473. The summed E-state index contributed by atoms with van der Waals surface area (Å²) in [6.45, 7) is 5.20. The van der Waals surface area contributed by atoms with Crippen molar-refractivity contribution in [3.63, 3.8) is 0 Å². The van der Waals surface area contributed by atoms with Crippen molar-refractivity contribution < 1.29 is 13.6 Å². The van der Waals surface area contributed by atoms with Gasteiger partial charge in [0, 0.05) is 45.0 Å². The number of amides is 1. The number of carbonyl (C=O) groups is 1. The molecule has 3 heterocycles. The molecule has 5 nitrogen and oxygen atoms in total. The molecule has 0 bridgehead atoms. The highest BCUT2D eigenvalue weighted by Gasteiger charge is 2.56. The summed E-state index contributed by atoms with van der Waals surface area (Å²) in [6.07, 6.45) is 3.40. The molecule has 0 radical (unpaired) electrons. The van der Waals surface area contributed by atoms with Gasteiger partial charge in [0.05, 0.1) is 23.3 Å². The van der Waals surface area contributed by atoms with Gasteiger partial charge in [-0.05, 0) is 20.3 Å². The van der Waals surface area contributed by atoms with Crippen LogP contribution < -0.4 is 0 Å². The molecule has 1 amide bonds. The monoisotopic (exact) mass is 324 g/mol. The van der Waals surface area contributed by atoms with E-state index in [4.69, 9.17) is 0 Å². The highest BCUT2D eigenvalue weighted by molar-refractivity contribution is 5.85. The molecule has 2 saturated heterocycles. The standard InChI is InChI=1S/C16H22F2N4O/c1-3-22-5-4-15(14(22)23)9-16(17,18)11-21(10-15)8-13-7-19-6-12(2)20-13/h6-7H,3-5,8-11H2,1-2H3/t15-/m1/s1. The maximum Gasteiger partial charge on any atom is 0.261 e. The Morgan fingerprint density at radius 2 is 2.09 bits per heavy atom. The first-order chi connectivity index (χ1) is 10.8. The molecule has 23 heavy (non-hydrogen) atoms. The lowest BCUT2D eigenvalue weighted by molar-refractivity contribution is -0.155. The van der Waals surface area contributed by atoms with E-state index >= 15 is 0 Å². The number of aryl methyl sites for hydroxylation is 1. The van der Waals surface area contributed by atoms with Gasteiger partial charge in [0.15, 0.2) is 0 Å². The smallest absolute Gasteiger partial charge is 0.261 e. The fraction of sp³-hybridized carbons (Fsp3) is 0.688. The SMILES string of the molecule is CCN1CC[C@@]2(CN(Cc3cncc(C)n3)CC(F)(F)C2)C1=O. The van der Waals surface area contributed by atoms with E-state index in [1.807, 2.05) is 13.8 Å². The number of nitrogens with zero attached hydrogens (tertiary/aromatic N) is 4. The van der Waals surface area contributed by atoms with Crippen LogP contribution in [0.5, 0.6) is 0 Å². The predicted octanol–water partition coefficient (Wildman–Crippen LogP) is 1.86. The van der Waals surface area contributed by atoms with Crippen molar-refractivity contribution in [1.29, 1.82) is 0 Å². The Bertz CT molecular complexity index is 609. The van der Waals surface area contributed by atoms with E-state index in [1.54, 1.807) is 22.2 Å². The molecular weight excluding hydrogens is 302 g/mol. The summed E-state index contributed by atoms with van der Waals surface area (Å²) in [5, 5.41) is 0. The van der Waals surface area contributed by atoms with Crippen LogP contribution in [0.4, 0.5) is 8.78 Å². The highest BCUT2D eigenvalue weighted by Crippen LogP contribution is 2.45. The molecule has 3 rings (SSSR count). The summed E-state index contributed by atoms with van der Waals surface area (Å²) < 4.78 is 28.6. The number of hydrogen-bond acceptors (Lipinski definition) is 4. The minimum atomic E-state index is -2.85. The Morgan fingerprint density at radius 1 is 1.30 bits per heavy atom. The minimum absolute atomic E-state index is 0.125. The molecule has 1 atom stereocenters. The molecule has 2 aliphatic rings. The van der Waals surface area contributed by atoms with Gasteiger partial charge >= 0.3 is 0 Å². The molecule has 126 valence electrons. The van der Waals surface area contributed by atoms with Gasteiger partial charge in [-0.1, -0.05) is 0 Å². The van der Waals surface area contributed by atoms with Crippen molar-refractivity contribution in [3.8, 4) is 0 Å². The lowest BCUT2D eigenvalue weighted by atomic mass is 9.77. The molecule has 2 aliphatic heterocycles.